The molecule has 4 aromatic rings. The second-order valence-electron chi connectivity index (χ2n) is 7.49. The van der Waals surface area contributed by atoms with Crippen LogP contribution >= 0.6 is 0 Å². The first-order chi connectivity index (χ1) is 16.4. The van der Waals surface area contributed by atoms with Crippen LogP contribution in [0.5, 0.6) is 0 Å². The zero-order chi connectivity index (χ0) is 24.1. The number of aryl methyl sites for hydroxylation is 1. The summed E-state index contributed by atoms with van der Waals surface area (Å²) in [7, 11) is 0. The van der Waals surface area contributed by atoms with Crippen molar-refractivity contribution < 1.29 is 18.8 Å². The van der Waals surface area contributed by atoms with Crippen LogP contribution < -0.4 is 10.9 Å². The van der Waals surface area contributed by atoms with Gasteiger partial charge in [-0.3, -0.25) is 9.59 Å². The van der Waals surface area contributed by atoms with Gasteiger partial charge in [-0.2, -0.15) is 4.98 Å². The lowest BCUT2D eigenvalue weighted by atomic mass is 10.1. The van der Waals surface area contributed by atoms with Crippen LogP contribution in [-0.2, 0) is 16.1 Å². The molecule has 0 atom stereocenters. The molecule has 0 radical (unpaired) electrons. The van der Waals surface area contributed by atoms with Crippen molar-refractivity contribution in [2.24, 2.45) is 0 Å². The summed E-state index contributed by atoms with van der Waals surface area (Å²) in [6.45, 7) is 3.61. The van der Waals surface area contributed by atoms with Gasteiger partial charge in [0.1, 0.15) is 6.54 Å². The van der Waals surface area contributed by atoms with Crippen LogP contribution in [0.3, 0.4) is 0 Å². The summed E-state index contributed by atoms with van der Waals surface area (Å²) in [5, 5.41) is 6.68. The van der Waals surface area contributed by atoms with Crippen LogP contribution in [0.2, 0.25) is 0 Å². The molecule has 0 bridgehead atoms. The van der Waals surface area contributed by atoms with Gasteiger partial charge in [0.2, 0.25) is 11.7 Å². The van der Waals surface area contributed by atoms with Gasteiger partial charge >= 0.3 is 5.97 Å². The zero-order valence-electron chi connectivity index (χ0n) is 18.6. The molecule has 0 saturated carbocycles. The Bertz CT molecular complexity index is 1410. The topological polar surface area (TPSA) is 116 Å². The van der Waals surface area contributed by atoms with Crippen LogP contribution in [0.25, 0.3) is 22.8 Å². The molecule has 172 valence electrons. The fraction of sp³-hybridized carbons (Fsp3) is 0.160. The molecular weight excluding hydrogens is 436 g/mol. The van der Waals surface area contributed by atoms with Crippen LogP contribution in [0, 0.1) is 6.92 Å². The molecule has 1 amide bonds. The maximum absolute atomic E-state index is 12.7. The SMILES string of the molecule is CCOC(=O)c1ccccc1NC(=O)Cn1cc(-c2nc(-c3cccc(C)c3)no2)ccc1=O. The van der Waals surface area contributed by atoms with Crippen molar-refractivity contribution in [3.8, 4) is 22.8 Å². The average molecular weight is 458 g/mol. The number of nitrogens with zero attached hydrogens (tertiary/aromatic N) is 3. The van der Waals surface area contributed by atoms with Crippen molar-refractivity contribution in [2.45, 2.75) is 20.4 Å². The molecule has 2 aromatic heterocycles. The highest BCUT2D eigenvalue weighted by atomic mass is 16.5. The molecule has 0 aliphatic heterocycles. The Morgan fingerprint density at radius 2 is 1.88 bits per heavy atom. The molecule has 0 aliphatic rings. The lowest BCUT2D eigenvalue weighted by Gasteiger charge is -2.11. The molecule has 0 spiro atoms. The number of rotatable bonds is 7. The standard InChI is InChI=1S/C25H22N4O5/c1-3-33-25(32)19-9-4-5-10-20(19)26-21(30)15-29-14-18(11-12-22(29)31)24-27-23(28-34-24)17-8-6-7-16(2)13-17/h4-14H,3,15H2,1-2H3,(H,26,30). The number of pyridine rings is 1. The number of anilines is 1. The van der Waals surface area contributed by atoms with Crippen molar-refractivity contribution >= 4 is 17.6 Å². The normalized spacial score (nSPS) is 10.6. The van der Waals surface area contributed by atoms with Crippen LogP contribution in [0.15, 0.2) is 76.2 Å². The lowest BCUT2D eigenvalue weighted by Crippen LogP contribution is -2.27. The van der Waals surface area contributed by atoms with Gasteiger partial charge in [-0.1, -0.05) is 41.1 Å². The Morgan fingerprint density at radius 1 is 1.06 bits per heavy atom. The Labute approximate surface area is 195 Å². The number of carbonyl (C=O) groups excluding carboxylic acids is 2. The lowest BCUT2D eigenvalue weighted by molar-refractivity contribution is -0.116. The van der Waals surface area contributed by atoms with Crippen molar-refractivity contribution in [3.63, 3.8) is 0 Å². The minimum Gasteiger partial charge on any atom is -0.462 e. The molecule has 0 saturated heterocycles. The molecule has 9 nitrogen and oxygen atoms in total. The van der Waals surface area contributed by atoms with Gasteiger partial charge < -0.3 is 19.1 Å². The summed E-state index contributed by atoms with van der Waals surface area (Å²) >= 11 is 0. The summed E-state index contributed by atoms with van der Waals surface area (Å²) in [5.74, 6) is -0.386. The Hall–Kier alpha value is -4.53. The minimum absolute atomic E-state index is 0.213. The van der Waals surface area contributed by atoms with Crippen LogP contribution in [0.1, 0.15) is 22.8 Å². The smallest absolute Gasteiger partial charge is 0.340 e. The number of carbonyl (C=O) groups is 2. The average Bonchev–Trinajstić information content (AvgIpc) is 3.31. The second kappa shape index (κ2) is 9.95. The minimum atomic E-state index is -0.543. The molecule has 1 N–H and O–H groups in total. The quantitative estimate of drug-likeness (QED) is 0.420. The molecule has 4 rings (SSSR count). The first kappa shape index (κ1) is 22.7. The number of nitrogens with one attached hydrogen (secondary N) is 1. The zero-order valence-corrected chi connectivity index (χ0v) is 18.6. The summed E-state index contributed by atoms with van der Waals surface area (Å²) in [4.78, 5) is 41.6. The molecule has 34 heavy (non-hydrogen) atoms. The van der Waals surface area contributed by atoms with E-state index in [2.05, 4.69) is 15.5 Å². The number of ether oxygens (including phenoxy) is 1. The van der Waals surface area contributed by atoms with Gasteiger partial charge in [0.05, 0.1) is 23.4 Å². The van der Waals surface area contributed by atoms with Crippen LogP contribution in [0.4, 0.5) is 5.69 Å². The summed E-state index contributed by atoms with van der Waals surface area (Å²) in [6.07, 6.45) is 1.48. The molecule has 0 aliphatic carbocycles. The van der Waals surface area contributed by atoms with Crippen molar-refractivity contribution in [1.29, 1.82) is 0 Å². The maximum Gasteiger partial charge on any atom is 0.340 e. The van der Waals surface area contributed by atoms with Gasteiger partial charge in [0, 0.05) is 17.8 Å². The van der Waals surface area contributed by atoms with E-state index in [1.807, 2.05) is 31.2 Å². The van der Waals surface area contributed by atoms with E-state index in [1.165, 1.54) is 16.8 Å². The van der Waals surface area contributed by atoms with E-state index in [9.17, 15) is 14.4 Å². The maximum atomic E-state index is 12.7. The van der Waals surface area contributed by atoms with Crippen molar-refractivity contribution in [2.75, 3.05) is 11.9 Å². The van der Waals surface area contributed by atoms with E-state index in [0.717, 1.165) is 11.1 Å². The first-order valence-electron chi connectivity index (χ1n) is 10.6. The number of benzene rings is 2. The highest BCUT2D eigenvalue weighted by molar-refractivity contribution is 6.01. The monoisotopic (exact) mass is 458 g/mol. The van der Waals surface area contributed by atoms with Crippen molar-refractivity contribution in [1.82, 2.24) is 14.7 Å². The molecule has 0 unspecified atom stereocenters. The van der Waals surface area contributed by atoms with E-state index < -0.39 is 11.9 Å². The fourth-order valence-electron chi connectivity index (χ4n) is 3.35. The summed E-state index contributed by atoms with van der Waals surface area (Å²) < 4.78 is 11.6. The predicted molar refractivity (Wildman–Crippen MR) is 125 cm³/mol. The van der Waals surface area contributed by atoms with Gasteiger partial charge in [-0.15, -0.1) is 0 Å². The number of esters is 1. The highest BCUT2D eigenvalue weighted by Gasteiger charge is 2.16. The molecular formula is C25H22N4O5. The third kappa shape index (κ3) is 5.09. The van der Waals surface area contributed by atoms with E-state index in [4.69, 9.17) is 9.26 Å². The predicted octanol–water partition coefficient (Wildman–Crippen LogP) is 3.69. The fourth-order valence-corrected chi connectivity index (χ4v) is 3.35. The van der Waals surface area contributed by atoms with E-state index in [0.29, 0.717) is 17.1 Å². The number of para-hydroxylation sites is 1. The number of hydrogen-bond acceptors (Lipinski definition) is 7. The third-order valence-electron chi connectivity index (χ3n) is 4.94. The van der Waals surface area contributed by atoms with Crippen molar-refractivity contribution in [3.05, 3.63) is 88.3 Å². The summed E-state index contributed by atoms with van der Waals surface area (Å²) in [6, 6.07) is 17.1. The van der Waals surface area contributed by atoms with E-state index >= 15 is 0 Å². The molecule has 0 fully saturated rings. The molecule has 2 heterocycles. The Morgan fingerprint density at radius 3 is 2.68 bits per heavy atom. The summed E-state index contributed by atoms with van der Waals surface area (Å²) in [5.41, 5.74) is 2.51. The number of hydrogen-bond donors (Lipinski definition) is 1. The van der Waals surface area contributed by atoms with E-state index in [1.54, 1.807) is 37.3 Å². The second-order valence-corrected chi connectivity index (χ2v) is 7.49. The number of aromatic nitrogens is 3. The Balaban J connectivity index is 1.53. The molecule has 9 heteroatoms. The first-order valence-corrected chi connectivity index (χ1v) is 10.6. The Kier molecular flexibility index (Phi) is 6.63. The highest BCUT2D eigenvalue weighted by Crippen LogP contribution is 2.22. The van der Waals surface area contributed by atoms with Gasteiger partial charge in [0.15, 0.2) is 0 Å². The van der Waals surface area contributed by atoms with Gasteiger partial charge in [0.25, 0.3) is 11.4 Å². The van der Waals surface area contributed by atoms with Crippen LogP contribution in [-0.4, -0.2) is 33.2 Å². The molecule has 2 aromatic carbocycles. The van der Waals surface area contributed by atoms with E-state index in [-0.39, 0.29) is 30.2 Å². The number of amides is 1. The van der Waals surface area contributed by atoms with Gasteiger partial charge in [-0.05, 0) is 38.1 Å². The largest absolute Gasteiger partial charge is 0.462 e. The van der Waals surface area contributed by atoms with Gasteiger partial charge in [-0.25, -0.2) is 4.79 Å². The third-order valence-corrected chi connectivity index (χ3v) is 4.94.